The van der Waals surface area contributed by atoms with Gasteiger partial charge < -0.3 is 19.3 Å². The van der Waals surface area contributed by atoms with Gasteiger partial charge in [0.05, 0.1) is 26.2 Å². The van der Waals surface area contributed by atoms with Gasteiger partial charge in [-0.15, -0.1) is 0 Å². The Labute approximate surface area is 190 Å². The van der Waals surface area contributed by atoms with Gasteiger partial charge in [-0.1, -0.05) is 12.1 Å². The van der Waals surface area contributed by atoms with Crippen molar-refractivity contribution in [2.24, 2.45) is 0 Å². The Morgan fingerprint density at radius 3 is 2.25 bits per heavy atom. The zero-order valence-electron chi connectivity index (χ0n) is 19.3. The van der Waals surface area contributed by atoms with Crippen molar-refractivity contribution in [3.05, 3.63) is 47.5 Å². The highest BCUT2D eigenvalue weighted by molar-refractivity contribution is 7.92. The van der Waals surface area contributed by atoms with Gasteiger partial charge in [0, 0.05) is 37.9 Å². The van der Waals surface area contributed by atoms with Gasteiger partial charge in [0.15, 0.2) is 11.5 Å². The molecule has 2 aromatic carbocycles. The lowest BCUT2D eigenvalue weighted by Gasteiger charge is -2.37. The first-order chi connectivity index (χ1) is 15.2. The van der Waals surface area contributed by atoms with Crippen LogP contribution in [0.2, 0.25) is 0 Å². The predicted octanol–water partition coefficient (Wildman–Crippen LogP) is 2.44. The third kappa shape index (κ3) is 5.09. The Hall–Kier alpha value is -2.94. The number of amides is 1. The normalized spacial score (nSPS) is 14.3. The van der Waals surface area contributed by atoms with Gasteiger partial charge in [0.25, 0.3) is 0 Å². The number of aryl methyl sites for hydroxylation is 1. The minimum atomic E-state index is -3.68. The molecule has 0 unspecified atom stereocenters. The molecule has 8 nitrogen and oxygen atoms in total. The summed E-state index contributed by atoms with van der Waals surface area (Å²) in [7, 11) is -0.695. The van der Waals surface area contributed by atoms with E-state index in [0.717, 1.165) is 10.6 Å². The Morgan fingerprint density at radius 1 is 1.00 bits per heavy atom. The van der Waals surface area contributed by atoms with E-state index in [1.165, 1.54) is 31.0 Å². The molecule has 0 aliphatic carbocycles. The van der Waals surface area contributed by atoms with Crippen LogP contribution in [0.5, 0.6) is 11.5 Å². The summed E-state index contributed by atoms with van der Waals surface area (Å²) in [5.74, 6) is 0.651. The summed E-state index contributed by atoms with van der Waals surface area (Å²) in [6.45, 7) is 6.40. The van der Waals surface area contributed by atoms with E-state index in [1.807, 2.05) is 6.07 Å². The van der Waals surface area contributed by atoms with Gasteiger partial charge in [-0.05, 0) is 43.2 Å². The van der Waals surface area contributed by atoms with E-state index in [2.05, 4.69) is 30.9 Å². The van der Waals surface area contributed by atoms with Gasteiger partial charge in [-0.25, -0.2) is 8.42 Å². The molecule has 0 atom stereocenters. The fourth-order valence-corrected chi connectivity index (χ4v) is 4.72. The molecule has 1 aliphatic heterocycles. The Bertz CT molecular complexity index is 1080. The van der Waals surface area contributed by atoms with E-state index in [-0.39, 0.29) is 12.5 Å². The zero-order chi connectivity index (χ0) is 23.5. The van der Waals surface area contributed by atoms with Crippen LogP contribution in [0, 0.1) is 13.8 Å². The predicted molar refractivity (Wildman–Crippen MR) is 126 cm³/mol. The third-order valence-electron chi connectivity index (χ3n) is 5.88. The molecule has 2 aromatic rings. The second-order valence-electron chi connectivity index (χ2n) is 7.90. The highest BCUT2D eigenvalue weighted by Crippen LogP contribution is 2.32. The van der Waals surface area contributed by atoms with Gasteiger partial charge in [-0.3, -0.25) is 9.10 Å². The second kappa shape index (κ2) is 9.68. The molecule has 0 aromatic heterocycles. The van der Waals surface area contributed by atoms with E-state index in [4.69, 9.17) is 9.47 Å². The lowest BCUT2D eigenvalue weighted by atomic mass is 10.1. The number of piperazine rings is 1. The molecule has 3 rings (SSSR count). The molecule has 32 heavy (non-hydrogen) atoms. The van der Waals surface area contributed by atoms with E-state index < -0.39 is 10.0 Å². The minimum absolute atomic E-state index is 0.231. The van der Waals surface area contributed by atoms with Crippen molar-refractivity contribution in [3.8, 4) is 11.5 Å². The van der Waals surface area contributed by atoms with Crippen LogP contribution in [0.4, 0.5) is 11.4 Å². The van der Waals surface area contributed by atoms with E-state index in [9.17, 15) is 13.2 Å². The number of hydrogen-bond acceptors (Lipinski definition) is 6. The Balaban J connectivity index is 1.72. The van der Waals surface area contributed by atoms with Crippen molar-refractivity contribution < 1.29 is 22.7 Å². The third-order valence-corrected chi connectivity index (χ3v) is 7.02. The molecule has 9 heteroatoms. The summed E-state index contributed by atoms with van der Waals surface area (Å²) in [6.07, 6.45) is 1.09. The molecule has 0 N–H and O–H groups in total. The number of carbonyl (C=O) groups is 1. The fraction of sp³-hybridized carbons (Fsp3) is 0.435. The minimum Gasteiger partial charge on any atom is -0.493 e. The molecule has 0 spiro atoms. The van der Waals surface area contributed by atoms with Gasteiger partial charge in [0.1, 0.15) is 6.54 Å². The molecule has 0 bridgehead atoms. The van der Waals surface area contributed by atoms with Gasteiger partial charge in [-0.2, -0.15) is 0 Å². The maximum Gasteiger partial charge on any atom is 0.243 e. The lowest BCUT2D eigenvalue weighted by Crippen LogP contribution is -2.52. The largest absolute Gasteiger partial charge is 0.493 e. The fourth-order valence-electron chi connectivity index (χ4n) is 3.88. The van der Waals surface area contributed by atoms with E-state index in [1.54, 1.807) is 23.1 Å². The monoisotopic (exact) mass is 461 g/mol. The number of benzene rings is 2. The molecule has 1 aliphatic rings. The molecule has 0 saturated carbocycles. The quantitative estimate of drug-likeness (QED) is 0.630. The smallest absolute Gasteiger partial charge is 0.243 e. The van der Waals surface area contributed by atoms with Crippen LogP contribution < -0.4 is 18.7 Å². The topological polar surface area (TPSA) is 79.4 Å². The summed E-state index contributed by atoms with van der Waals surface area (Å²) in [6, 6.07) is 11.0. The van der Waals surface area contributed by atoms with Gasteiger partial charge in [0.2, 0.25) is 15.9 Å². The van der Waals surface area contributed by atoms with Crippen molar-refractivity contribution in [1.29, 1.82) is 0 Å². The summed E-state index contributed by atoms with van der Waals surface area (Å²) in [5.41, 5.74) is 4.01. The van der Waals surface area contributed by atoms with E-state index in [0.29, 0.717) is 43.4 Å². The number of rotatable bonds is 7. The molecule has 1 fully saturated rings. The molecule has 1 heterocycles. The molecule has 174 valence electrons. The first-order valence-corrected chi connectivity index (χ1v) is 12.3. The number of anilines is 2. The summed E-state index contributed by atoms with van der Waals surface area (Å²) in [4.78, 5) is 17.0. The Kier molecular flexibility index (Phi) is 7.18. The highest BCUT2D eigenvalue weighted by Gasteiger charge is 2.27. The highest BCUT2D eigenvalue weighted by atomic mass is 32.2. The SMILES string of the molecule is COc1ccc(N(CC(=O)N2CCN(c3cccc(C)c3C)CC2)S(C)(=O)=O)cc1OC. The Morgan fingerprint density at radius 2 is 1.66 bits per heavy atom. The number of carbonyl (C=O) groups excluding carboxylic acids is 1. The summed E-state index contributed by atoms with van der Waals surface area (Å²) < 4.78 is 36.6. The van der Waals surface area contributed by atoms with Crippen LogP contribution in [0.1, 0.15) is 11.1 Å². The van der Waals surface area contributed by atoms with Crippen LogP contribution in [0.3, 0.4) is 0 Å². The second-order valence-corrected chi connectivity index (χ2v) is 9.80. The molecule has 1 amide bonds. The average molecular weight is 462 g/mol. The molecular weight excluding hydrogens is 430 g/mol. The number of nitrogens with zero attached hydrogens (tertiary/aromatic N) is 3. The number of sulfonamides is 1. The average Bonchev–Trinajstić information content (AvgIpc) is 2.78. The van der Waals surface area contributed by atoms with Crippen molar-refractivity contribution in [1.82, 2.24) is 4.90 Å². The van der Waals surface area contributed by atoms with Gasteiger partial charge >= 0.3 is 0 Å². The zero-order valence-corrected chi connectivity index (χ0v) is 20.1. The number of hydrogen-bond donors (Lipinski definition) is 0. The standard InChI is InChI=1S/C23H31N3O5S/c1-17-7-6-8-20(18(17)2)24-11-13-25(14-12-24)23(27)16-26(32(5,28)29)19-9-10-21(30-3)22(15-19)31-4/h6-10,15H,11-14,16H2,1-5H3. The van der Waals surface area contributed by atoms with Crippen LogP contribution in [0.15, 0.2) is 36.4 Å². The van der Waals surface area contributed by atoms with Crippen LogP contribution >= 0.6 is 0 Å². The van der Waals surface area contributed by atoms with Crippen LogP contribution in [-0.4, -0.2) is 72.4 Å². The maximum absolute atomic E-state index is 13.0. The lowest BCUT2D eigenvalue weighted by molar-refractivity contribution is -0.129. The van der Waals surface area contributed by atoms with Crippen molar-refractivity contribution in [2.45, 2.75) is 13.8 Å². The van der Waals surface area contributed by atoms with Crippen molar-refractivity contribution in [3.63, 3.8) is 0 Å². The molecular formula is C23H31N3O5S. The first-order valence-electron chi connectivity index (χ1n) is 10.4. The molecule has 1 saturated heterocycles. The van der Waals surface area contributed by atoms with E-state index >= 15 is 0 Å². The summed E-state index contributed by atoms with van der Waals surface area (Å²) in [5, 5.41) is 0. The maximum atomic E-state index is 13.0. The van der Waals surface area contributed by atoms with Crippen LogP contribution in [-0.2, 0) is 14.8 Å². The summed E-state index contributed by atoms with van der Waals surface area (Å²) >= 11 is 0. The first kappa shape index (κ1) is 23.7. The van der Waals surface area contributed by atoms with Crippen LogP contribution in [0.25, 0.3) is 0 Å². The van der Waals surface area contributed by atoms with Crippen molar-refractivity contribution >= 4 is 27.3 Å². The number of methoxy groups -OCH3 is 2. The molecule has 0 radical (unpaired) electrons. The van der Waals surface area contributed by atoms with Crippen molar-refractivity contribution in [2.75, 3.05) is 62.4 Å². The number of ether oxygens (including phenoxy) is 2.